The first kappa shape index (κ1) is 23.2. The lowest BCUT2D eigenvalue weighted by molar-refractivity contribution is -0.204. The van der Waals surface area contributed by atoms with E-state index in [2.05, 4.69) is 86.5 Å². The molecule has 0 saturated carbocycles. The molecular formula is C27H37NO4Si. The molecule has 0 N–H and O–H groups in total. The molecule has 0 aromatic heterocycles. The lowest BCUT2D eigenvalue weighted by atomic mass is 10.0. The maximum Gasteiger partial charge on any atom is 0.261 e. The second-order valence-electron chi connectivity index (χ2n) is 11.1. The maximum absolute atomic E-state index is 7.05. The molecule has 5 rings (SSSR count). The van der Waals surface area contributed by atoms with Crippen LogP contribution in [-0.2, 0) is 18.7 Å². The SMILES string of the molecule is CC1(C)O[C@@H]2[C@@H](CN3O[C@H](CCO[Si](c4ccccc4)(c4ccccc4)C(C)(C)C)C[C@@H]23)O1. The van der Waals surface area contributed by atoms with Gasteiger partial charge in [-0.2, -0.15) is 5.06 Å². The number of hydroxylamine groups is 2. The molecule has 3 saturated heterocycles. The van der Waals surface area contributed by atoms with Crippen LogP contribution in [0.5, 0.6) is 0 Å². The third kappa shape index (κ3) is 4.22. The molecule has 0 amide bonds. The summed E-state index contributed by atoms with van der Waals surface area (Å²) in [5.41, 5.74) is 0. The Kier molecular flexibility index (Phi) is 6.04. The highest BCUT2D eigenvalue weighted by molar-refractivity contribution is 6.99. The van der Waals surface area contributed by atoms with Crippen molar-refractivity contribution >= 4 is 18.7 Å². The third-order valence-electron chi connectivity index (χ3n) is 7.29. The number of benzene rings is 2. The van der Waals surface area contributed by atoms with Crippen molar-refractivity contribution in [3.05, 3.63) is 60.7 Å². The zero-order valence-corrected chi connectivity index (χ0v) is 21.5. The summed E-state index contributed by atoms with van der Waals surface area (Å²) in [5, 5.41) is 4.72. The van der Waals surface area contributed by atoms with Crippen LogP contribution in [0.4, 0.5) is 0 Å². The van der Waals surface area contributed by atoms with Crippen LogP contribution < -0.4 is 10.4 Å². The summed E-state index contributed by atoms with van der Waals surface area (Å²) < 4.78 is 19.3. The smallest absolute Gasteiger partial charge is 0.261 e. The van der Waals surface area contributed by atoms with Gasteiger partial charge in [0.2, 0.25) is 0 Å². The molecule has 3 fully saturated rings. The van der Waals surface area contributed by atoms with Crippen LogP contribution in [0.15, 0.2) is 60.7 Å². The number of hydrogen-bond donors (Lipinski definition) is 0. The van der Waals surface area contributed by atoms with Crippen LogP contribution in [0.2, 0.25) is 5.04 Å². The molecule has 5 nitrogen and oxygen atoms in total. The first-order valence-corrected chi connectivity index (χ1v) is 14.1. The maximum atomic E-state index is 7.05. The lowest BCUT2D eigenvalue weighted by Crippen LogP contribution is -2.66. The van der Waals surface area contributed by atoms with E-state index in [1.165, 1.54) is 10.4 Å². The fraction of sp³-hybridized carbons (Fsp3) is 0.556. The summed E-state index contributed by atoms with van der Waals surface area (Å²) in [6, 6.07) is 21.9. The molecule has 0 radical (unpaired) electrons. The van der Waals surface area contributed by atoms with Crippen molar-refractivity contribution < 1.29 is 18.7 Å². The molecule has 3 aliphatic heterocycles. The summed E-state index contributed by atoms with van der Waals surface area (Å²) in [6.45, 7) is 12.4. The van der Waals surface area contributed by atoms with Gasteiger partial charge < -0.3 is 13.9 Å². The zero-order chi connectivity index (χ0) is 23.3. The molecule has 2 aromatic carbocycles. The summed E-state index contributed by atoms with van der Waals surface area (Å²) in [6.07, 6.45) is 2.20. The van der Waals surface area contributed by atoms with Crippen molar-refractivity contribution in [2.45, 2.75) is 82.6 Å². The fourth-order valence-corrected chi connectivity index (χ4v) is 10.5. The molecule has 0 bridgehead atoms. The number of hydrogen-bond acceptors (Lipinski definition) is 5. The summed E-state index contributed by atoms with van der Waals surface area (Å²) in [7, 11) is -2.50. The minimum atomic E-state index is -2.50. The normalized spacial score (nSPS) is 29.2. The van der Waals surface area contributed by atoms with Crippen LogP contribution in [-0.4, -0.2) is 56.7 Å². The van der Waals surface area contributed by atoms with E-state index in [-0.39, 0.29) is 29.4 Å². The van der Waals surface area contributed by atoms with Crippen molar-refractivity contribution in [1.82, 2.24) is 5.06 Å². The highest BCUT2D eigenvalue weighted by atomic mass is 28.4. The molecule has 2 aromatic rings. The Bertz CT molecular complexity index is 906. The molecule has 0 aliphatic carbocycles. The molecule has 0 unspecified atom stereocenters. The number of nitrogens with zero attached hydrogens (tertiary/aromatic N) is 1. The average molecular weight is 468 g/mol. The topological polar surface area (TPSA) is 40.2 Å². The quantitative estimate of drug-likeness (QED) is 0.604. The molecule has 3 heterocycles. The van der Waals surface area contributed by atoms with Crippen molar-refractivity contribution in [3.63, 3.8) is 0 Å². The minimum absolute atomic E-state index is 0.0138. The predicted molar refractivity (Wildman–Crippen MR) is 132 cm³/mol. The highest BCUT2D eigenvalue weighted by Gasteiger charge is 2.56. The molecule has 3 aliphatic rings. The van der Waals surface area contributed by atoms with E-state index in [4.69, 9.17) is 18.7 Å². The van der Waals surface area contributed by atoms with E-state index in [9.17, 15) is 0 Å². The van der Waals surface area contributed by atoms with E-state index in [0.29, 0.717) is 6.61 Å². The predicted octanol–water partition coefficient (Wildman–Crippen LogP) is 3.86. The fourth-order valence-electron chi connectivity index (χ4n) is 5.96. The number of ether oxygens (including phenoxy) is 2. The van der Waals surface area contributed by atoms with E-state index >= 15 is 0 Å². The van der Waals surface area contributed by atoms with Gasteiger partial charge in [-0.1, -0.05) is 81.4 Å². The zero-order valence-electron chi connectivity index (χ0n) is 20.5. The minimum Gasteiger partial charge on any atom is -0.407 e. The van der Waals surface area contributed by atoms with E-state index in [0.717, 1.165) is 19.4 Å². The Morgan fingerprint density at radius 2 is 1.58 bits per heavy atom. The second kappa shape index (κ2) is 8.59. The van der Waals surface area contributed by atoms with Crippen LogP contribution in [0.25, 0.3) is 0 Å². The summed E-state index contributed by atoms with van der Waals surface area (Å²) in [4.78, 5) is 6.31. The molecule has 6 heteroatoms. The summed E-state index contributed by atoms with van der Waals surface area (Å²) >= 11 is 0. The van der Waals surface area contributed by atoms with Crippen molar-refractivity contribution in [3.8, 4) is 0 Å². The van der Waals surface area contributed by atoms with E-state index in [1.807, 2.05) is 13.8 Å². The highest BCUT2D eigenvalue weighted by Crippen LogP contribution is 2.42. The lowest BCUT2D eigenvalue weighted by Gasteiger charge is -2.43. The van der Waals surface area contributed by atoms with Gasteiger partial charge in [-0.05, 0) is 42.1 Å². The first-order valence-electron chi connectivity index (χ1n) is 12.2. The monoisotopic (exact) mass is 467 g/mol. The Morgan fingerprint density at radius 3 is 2.15 bits per heavy atom. The largest absolute Gasteiger partial charge is 0.407 e. The van der Waals surface area contributed by atoms with Crippen LogP contribution in [0.1, 0.15) is 47.5 Å². The Morgan fingerprint density at radius 1 is 0.970 bits per heavy atom. The Balaban J connectivity index is 1.31. The Labute approximate surface area is 199 Å². The van der Waals surface area contributed by atoms with Gasteiger partial charge in [-0.3, -0.25) is 4.84 Å². The van der Waals surface area contributed by atoms with Crippen molar-refractivity contribution in [1.29, 1.82) is 0 Å². The molecule has 33 heavy (non-hydrogen) atoms. The van der Waals surface area contributed by atoms with Crippen molar-refractivity contribution in [2.24, 2.45) is 0 Å². The van der Waals surface area contributed by atoms with Crippen LogP contribution in [0.3, 0.4) is 0 Å². The average Bonchev–Trinajstić information content (AvgIpc) is 3.39. The van der Waals surface area contributed by atoms with E-state index < -0.39 is 14.1 Å². The molecule has 0 spiro atoms. The van der Waals surface area contributed by atoms with Gasteiger partial charge in [0.15, 0.2) is 5.79 Å². The van der Waals surface area contributed by atoms with Gasteiger partial charge in [-0.25, -0.2) is 0 Å². The van der Waals surface area contributed by atoms with Crippen LogP contribution >= 0.6 is 0 Å². The van der Waals surface area contributed by atoms with Gasteiger partial charge in [0.05, 0.1) is 18.7 Å². The van der Waals surface area contributed by atoms with Gasteiger partial charge in [0.1, 0.15) is 12.2 Å². The molecule has 4 atom stereocenters. The molecule has 178 valence electrons. The van der Waals surface area contributed by atoms with Crippen LogP contribution in [0, 0.1) is 0 Å². The van der Waals surface area contributed by atoms with E-state index in [1.54, 1.807) is 0 Å². The van der Waals surface area contributed by atoms with Crippen molar-refractivity contribution in [2.75, 3.05) is 13.2 Å². The van der Waals surface area contributed by atoms with Gasteiger partial charge >= 0.3 is 0 Å². The number of fused-ring (bicyclic) bond motifs is 3. The second-order valence-corrected chi connectivity index (χ2v) is 15.4. The third-order valence-corrected chi connectivity index (χ3v) is 12.3. The van der Waals surface area contributed by atoms with Gasteiger partial charge in [0, 0.05) is 6.61 Å². The van der Waals surface area contributed by atoms with Gasteiger partial charge in [-0.15, -0.1) is 0 Å². The standard InChI is InChI=1S/C27H37NO4Si/c1-26(2,3)33(21-12-8-6-9-13-21,22-14-10-7-11-15-22)29-17-16-20-18-23-25-24(19-28(23)32-20)30-27(4,5)31-25/h6-15,20,23-25H,16-19H2,1-5H3/t20-,23+,24-,25+/m1/s1. The van der Waals surface area contributed by atoms with Gasteiger partial charge in [0.25, 0.3) is 8.32 Å². The Hall–Kier alpha value is -1.54. The molecular weight excluding hydrogens is 430 g/mol. The summed E-state index contributed by atoms with van der Waals surface area (Å²) in [5.74, 6) is -0.494. The number of rotatable bonds is 6. The first-order chi connectivity index (χ1) is 15.7.